The summed E-state index contributed by atoms with van der Waals surface area (Å²) in [6.45, 7) is 0. The molecule has 1 N–H and O–H groups in total. The Labute approximate surface area is 123 Å². The maximum absolute atomic E-state index is 12.7. The molecular formula is C13H14BrClF3N. The van der Waals surface area contributed by atoms with E-state index in [0.29, 0.717) is 11.4 Å². The highest BCUT2D eigenvalue weighted by atomic mass is 79.9. The van der Waals surface area contributed by atoms with E-state index < -0.39 is 12.1 Å². The first-order valence-corrected chi connectivity index (χ1v) is 7.31. The van der Waals surface area contributed by atoms with Gasteiger partial charge in [-0.15, -0.1) is 0 Å². The maximum Gasteiger partial charge on any atom is 0.391 e. The molecule has 19 heavy (non-hydrogen) atoms. The Hall–Kier alpha value is -0.420. The van der Waals surface area contributed by atoms with Crippen LogP contribution in [0.1, 0.15) is 25.7 Å². The number of alkyl halides is 3. The van der Waals surface area contributed by atoms with E-state index in [0.717, 1.165) is 16.6 Å². The van der Waals surface area contributed by atoms with Gasteiger partial charge < -0.3 is 5.32 Å². The van der Waals surface area contributed by atoms with Crippen LogP contribution in [-0.4, -0.2) is 12.2 Å². The van der Waals surface area contributed by atoms with E-state index in [2.05, 4.69) is 21.2 Å². The van der Waals surface area contributed by atoms with Crippen molar-refractivity contribution in [1.82, 2.24) is 0 Å². The molecule has 1 aromatic carbocycles. The maximum atomic E-state index is 12.7. The number of hydrogen-bond acceptors (Lipinski definition) is 1. The molecule has 1 aromatic rings. The second-order valence-corrected chi connectivity index (χ2v) is 6.14. The fourth-order valence-electron chi connectivity index (χ4n) is 2.44. The third kappa shape index (κ3) is 4.02. The number of nitrogens with one attached hydrogen (secondary N) is 1. The average Bonchev–Trinajstić information content (AvgIpc) is 2.33. The van der Waals surface area contributed by atoms with Crippen molar-refractivity contribution in [2.75, 3.05) is 5.32 Å². The van der Waals surface area contributed by atoms with Crippen LogP contribution in [0.3, 0.4) is 0 Å². The molecule has 1 aliphatic rings. The van der Waals surface area contributed by atoms with E-state index in [4.69, 9.17) is 11.6 Å². The second kappa shape index (κ2) is 5.92. The van der Waals surface area contributed by atoms with Crippen LogP contribution in [0, 0.1) is 5.92 Å². The zero-order valence-electron chi connectivity index (χ0n) is 10.1. The van der Waals surface area contributed by atoms with Crippen LogP contribution < -0.4 is 5.32 Å². The van der Waals surface area contributed by atoms with Crippen LogP contribution in [0.2, 0.25) is 5.02 Å². The van der Waals surface area contributed by atoms with Crippen LogP contribution in [-0.2, 0) is 0 Å². The SMILES string of the molecule is FC(F)(F)C1CCCC(Nc2ccc(Cl)c(Br)c2)C1. The minimum absolute atomic E-state index is 0.131. The molecule has 106 valence electrons. The summed E-state index contributed by atoms with van der Waals surface area (Å²) in [4.78, 5) is 0. The molecule has 0 bridgehead atoms. The summed E-state index contributed by atoms with van der Waals surface area (Å²) in [6.07, 6.45) is -2.32. The predicted octanol–water partition coefficient (Wildman–Crippen LogP) is 5.64. The van der Waals surface area contributed by atoms with Gasteiger partial charge in [-0.25, -0.2) is 0 Å². The summed E-state index contributed by atoms with van der Waals surface area (Å²) < 4.78 is 38.9. The van der Waals surface area contributed by atoms with Gasteiger partial charge in [0.15, 0.2) is 0 Å². The molecule has 0 aromatic heterocycles. The van der Waals surface area contributed by atoms with Crippen molar-refractivity contribution in [3.63, 3.8) is 0 Å². The van der Waals surface area contributed by atoms with Gasteiger partial charge in [-0.3, -0.25) is 0 Å². The fourth-order valence-corrected chi connectivity index (χ4v) is 2.94. The van der Waals surface area contributed by atoms with Gasteiger partial charge in [0.05, 0.1) is 10.9 Å². The van der Waals surface area contributed by atoms with Crippen LogP contribution in [0.5, 0.6) is 0 Å². The first kappa shape index (κ1) is 15.0. The predicted molar refractivity (Wildman–Crippen MR) is 74.6 cm³/mol. The van der Waals surface area contributed by atoms with E-state index in [1.807, 2.05) is 0 Å². The summed E-state index contributed by atoms with van der Waals surface area (Å²) >= 11 is 9.19. The van der Waals surface area contributed by atoms with Crippen molar-refractivity contribution < 1.29 is 13.2 Å². The first-order valence-electron chi connectivity index (χ1n) is 6.14. The van der Waals surface area contributed by atoms with Crippen LogP contribution >= 0.6 is 27.5 Å². The van der Waals surface area contributed by atoms with Crippen molar-refractivity contribution >= 4 is 33.2 Å². The summed E-state index contributed by atoms with van der Waals surface area (Å²) in [5.41, 5.74) is 0.795. The van der Waals surface area contributed by atoms with Gasteiger partial charge >= 0.3 is 6.18 Å². The first-order chi connectivity index (χ1) is 8.86. The Morgan fingerprint density at radius 2 is 2.00 bits per heavy atom. The number of benzene rings is 1. The van der Waals surface area contributed by atoms with Crippen LogP contribution in [0.4, 0.5) is 18.9 Å². The zero-order valence-corrected chi connectivity index (χ0v) is 12.4. The van der Waals surface area contributed by atoms with Crippen molar-refractivity contribution in [2.45, 2.75) is 37.9 Å². The molecule has 0 radical (unpaired) electrons. The smallest absolute Gasteiger partial charge is 0.382 e. The molecule has 6 heteroatoms. The van der Waals surface area contributed by atoms with E-state index in [1.54, 1.807) is 18.2 Å². The monoisotopic (exact) mass is 355 g/mol. The van der Waals surface area contributed by atoms with Gasteiger partial charge in [0.1, 0.15) is 0 Å². The van der Waals surface area contributed by atoms with Gasteiger partial charge in [0, 0.05) is 16.2 Å². The van der Waals surface area contributed by atoms with Crippen molar-refractivity contribution in [3.8, 4) is 0 Å². The third-order valence-corrected chi connectivity index (χ3v) is 4.64. The average molecular weight is 357 g/mol. The van der Waals surface area contributed by atoms with E-state index >= 15 is 0 Å². The van der Waals surface area contributed by atoms with Crippen molar-refractivity contribution in [3.05, 3.63) is 27.7 Å². The topological polar surface area (TPSA) is 12.0 Å². The van der Waals surface area contributed by atoms with Crippen LogP contribution in [0.15, 0.2) is 22.7 Å². The molecule has 0 aliphatic heterocycles. The Morgan fingerprint density at radius 1 is 1.26 bits per heavy atom. The lowest BCUT2D eigenvalue weighted by Crippen LogP contribution is -2.34. The lowest BCUT2D eigenvalue weighted by molar-refractivity contribution is -0.182. The summed E-state index contributed by atoms with van der Waals surface area (Å²) in [5, 5.41) is 3.75. The van der Waals surface area contributed by atoms with E-state index in [1.165, 1.54) is 0 Å². The largest absolute Gasteiger partial charge is 0.391 e. The quantitative estimate of drug-likeness (QED) is 0.723. The molecular weight excluding hydrogens is 343 g/mol. The Kier molecular flexibility index (Phi) is 4.66. The second-order valence-electron chi connectivity index (χ2n) is 4.88. The molecule has 1 nitrogen and oxygen atoms in total. The summed E-state index contributed by atoms with van der Waals surface area (Å²) in [7, 11) is 0. The van der Waals surface area contributed by atoms with E-state index in [-0.39, 0.29) is 18.9 Å². The highest BCUT2D eigenvalue weighted by molar-refractivity contribution is 9.10. The van der Waals surface area contributed by atoms with Crippen LogP contribution in [0.25, 0.3) is 0 Å². The minimum Gasteiger partial charge on any atom is -0.382 e. The molecule has 0 saturated heterocycles. The Balaban J connectivity index is 2.00. The number of hydrogen-bond donors (Lipinski definition) is 1. The molecule has 1 aliphatic carbocycles. The molecule has 2 atom stereocenters. The van der Waals surface area contributed by atoms with Gasteiger partial charge in [-0.2, -0.15) is 13.2 Å². The molecule has 2 rings (SSSR count). The Morgan fingerprint density at radius 3 is 2.63 bits per heavy atom. The zero-order chi connectivity index (χ0) is 14.0. The highest BCUT2D eigenvalue weighted by Crippen LogP contribution is 2.38. The standard InChI is InChI=1S/C13H14BrClF3N/c14-11-7-10(4-5-12(11)15)19-9-3-1-2-8(6-9)13(16,17)18/h4-5,7-9,19H,1-3,6H2. The summed E-state index contributed by atoms with van der Waals surface area (Å²) in [5.74, 6) is -1.19. The molecule has 0 amide bonds. The van der Waals surface area contributed by atoms with Gasteiger partial charge in [0.2, 0.25) is 0 Å². The number of halogens is 5. The number of rotatable bonds is 2. The highest BCUT2D eigenvalue weighted by Gasteiger charge is 2.42. The van der Waals surface area contributed by atoms with Gasteiger partial charge in [-0.05, 0) is 53.4 Å². The molecule has 0 spiro atoms. The third-order valence-electron chi connectivity index (χ3n) is 3.43. The van der Waals surface area contributed by atoms with Gasteiger partial charge in [-0.1, -0.05) is 18.0 Å². The Bertz CT molecular complexity index is 450. The molecule has 2 unspecified atom stereocenters. The van der Waals surface area contributed by atoms with Crippen molar-refractivity contribution in [1.29, 1.82) is 0 Å². The molecule has 1 fully saturated rings. The molecule has 0 heterocycles. The fraction of sp³-hybridized carbons (Fsp3) is 0.538. The molecule has 1 saturated carbocycles. The van der Waals surface area contributed by atoms with Crippen molar-refractivity contribution in [2.24, 2.45) is 5.92 Å². The van der Waals surface area contributed by atoms with E-state index in [9.17, 15) is 13.2 Å². The summed E-state index contributed by atoms with van der Waals surface area (Å²) in [6, 6.07) is 5.16. The van der Waals surface area contributed by atoms with Gasteiger partial charge in [0.25, 0.3) is 0 Å². The minimum atomic E-state index is -4.08. The number of anilines is 1. The lowest BCUT2D eigenvalue weighted by Gasteiger charge is -2.31. The normalized spacial score (nSPS) is 24.3. The lowest BCUT2D eigenvalue weighted by atomic mass is 9.85.